The molecule has 0 fully saturated rings. The van der Waals surface area contributed by atoms with Crippen molar-refractivity contribution < 1.29 is 65.3 Å². The van der Waals surface area contributed by atoms with E-state index in [1.165, 1.54) is 97.1 Å². The number of carbonyl (C=O) groups excluding carboxylic acids is 2. The third-order valence-electron chi connectivity index (χ3n) is 10.8. The van der Waals surface area contributed by atoms with Crippen LogP contribution in [0.4, 0.5) is 0 Å². The summed E-state index contributed by atoms with van der Waals surface area (Å²) in [5.74, 6) is -4.20. The number of fused-ring (bicyclic) bond motifs is 4. The highest BCUT2D eigenvalue weighted by Crippen LogP contribution is 2.44. The SMILES string of the molecule is C=CS(=O)(=O)CCNC(=O)c1ccc(C(=O)O)c(-c2c3ccc(=O)cc-3oc3cc(O)ccc23)c1.C=CS(=O)(=O)CCNC(=O)c1ccc(C(=O)O)c(-c2c3ccc(=O)cc-3oc3cc(O)ccc23)c1. The molecule has 4 aromatic rings. The lowest BCUT2D eigenvalue weighted by atomic mass is 9.89. The Balaban J connectivity index is 0.000000206. The van der Waals surface area contributed by atoms with Gasteiger partial charge in [-0.1, -0.05) is 13.2 Å². The molecule has 4 aliphatic rings. The number of carboxylic acids is 2. The number of aromatic hydroxyl groups is 2. The number of benzene rings is 6. The van der Waals surface area contributed by atoms with Gasteiger partial charge in [0.2, 0.25) is 0 Å². The van der Waals surface area contributed by atoms with Gasteiger partial charge in [-0.2, -0.15) is 0 Å². The van der Waals surface area contributed by atoms with Crippen LogP contribution in [0.2, 0.25) is 0 Å². The first-order valence-corrected chi connectivity index (χ1v) is 24.0. The molecule has 8 rings (SSSR count). The predicted molar refractivity (Wildman–Crippen MR) is 259 cm³/mol. The van der Waals surface area contributed by atoms with Crippen LogP contribution < -0.4 is 21.5 Å². The number of amides is 2. The topological polar surface area (TPSA) is 302 Å². The minimum Gasteiger partial charge on any atom is -0.508 e. The van der Waals surface area contributed by atoms with E-state index in [1.54, 1.807) is 12.1 Å². The molecule has 2 aliphatic carbocycles. The zero-order valence-electron chi connectivity index (χ0n) is 36.3. The minimum atomic E-state index is -3.51. The van der Waals surface area contributed by atoms with Gasteiger partial charge in [-0.05, 0) is 96.1 Å². The highest BCUT2D eigenvalue weighted by atomic mass is 32.2. The monoisotopic (exact) mass is 986 g/mol. The first-order chi connectivity index (χ1) is 33.2. The molecule has 0 saturated heterocycles. The number of sulfone groups is 2. The minimum absolute atomic E-state index is 0.0918. The van der Waals surface area contributed by atoms with E-state index in [9.17, 15) is 66.0 Å². The fourth-order valence-corrected chi connectivity index (χ4v) is 8.55. The Morgan fingerprint density at radius 3 is 1.26 bits per heavy atom. The Morgan fingerprint density at radius 1 is 0.514 bits per heavy atom. The molecule has 0 spiro atoms. The van der Waals surface area contributed by atoms with Gasteiger partial charge in [0.1, 0.15) is 34.2 Å². The second-order valence-electron chi connectivity index (χ2n) is 15.3. The largest absolute Gasteiger partial charge is 0.508 e. The van der Waals surface area contributed by atoms with Crippen molar-refractivity contribution in [3.63, 3.8) is 0 Å². The van der Waals surface area contributed by atoms with E-state index in [4.69, 9.17) is 8.83 Å². The molecule has 0 radical (unpaired) electrons. The van der Waals surface area contributed by atoms with E-state index in [-0.39, 0.29) is 103 Å². The average Bonchev–Trinajstić information content (AvgIpc) is 3.31. The van der Waals surface area contributed by atoms with Gasteiger partial charge in [0, 0.05) is 92.3 Å². The van der Waals surface area contributed by atoms with Gasteiger partial charge in [0.25, 0.3) is 11.8 Å². The summed E-state index contributed by atoms with van der Waals surface area (Å²) < 4.78 is 57.9. The standard InChI is InChI=1S/2C25H19NO8S/c2*1-2-35(32,33)10-9-26-24(29)14-3-6-17(25(30)31)20(11-14)23-18-7-4-15(27)12-21(18)34-22-13-16(28)5-8-19(22)23/h2*2-8,11-13,27H,1,9-10H2,(H,26,29)(H,30,31). The second-order valence-corrected chi connectivity index (χ2v) is 19.5. The molecule has 0 aromatic heterocycles. The van der Waals surface area contributed by atoms with Crippen LogP contribution in [0.25, 0.3) is 66.8 Å². The van der Waals surface area contributed by atoms with E-state index in [1.807, 2.05) is 0 Å². The maximum absolute atomic E-state index is 12.7. The lowest BCUT2D eigenvalue weighted by Crippen LogP contribution is -2.28. The summed E-state index contributed by atoms with van der Waals surface area (Å²) in [5.41, 5.74) is 1.75. The van der Waals surface area contributed by atoms with E-state index < -0.39 is 43.4 Å². The Bertz CT molecular complexity index is 3520. The number of carboxylic acid groups (broad SMARTS) is 2. The van der Waals surface area contributed by atoms with E-state index in [0.29, 0.717) is 33.0 Å². The van der Waals surface area contributed by atoms with Gasteiger partial charge in [-0.15, -0.1) is 0 Å². The van der Waals surface area contributed by atoms with Crippen molar-refractivity contribution in [1.29, 1.82) is 0 Å². The smallest absolute Gasteiger partial charge is 0.336 e. The summed E-state index contributed by atoms with van der Waals surface area (Å²) in [6.45, 7) is 6.12. The quantitative estimate of drug-likeness (QED) is 0.0632. The number of aromatic carboxylic acids is 2. The maximum Gasteiger partial charge on any atom is 0.336 e. The molecule has 2 amide bonds. The number of nitrogens with one attached hydrogen (secondary N) is 2. The normalized spacial score (nSPS) is 11.4. The van der Waals surface area contributed by atoms with Gasteiger partial charge in [0.05, 0.1) is 22.6 Å². The molecule has 0 unspecified atom stereocenters. The van der Waals surface area contributed by atoms with E-state index in [0.717, 1.165) is 10.8 Å². The maximum atomic E-state index is 12.7. The van der Waals surface area contributed by atoms with Crippen molar-refractivity contribution >= 4 is 65.4 Å². The lowest BCUT2D eigenvalue weighted by Gasteiger charge is -2.17. The Labute approximate surface area is 396 Å². The fraction of sp³-hybridized carbons (Fsp3) is 0.0800. The van der Waals surface area contributed by atoms with Gasteiger partial charge >= 0.3 is 11.9 Å². The predicted octanol–water partition coefficient (Wildman–Crippen LogP) is 6.51. The van der Waals surface area contributed by atoms with Crippen LogP contribution in [0.3, 0.4) is 0 Å². The summed E-state index contributed by atoms with van der Waals surface area (Å²) in [4.78, 5) is 73.5. The lowest BCUT2D eigenvalue weighted by molar-refractivity contribution is 0.0687. The van der Waals surface area contributed by atoms with Crippen molar-refractivity contribution in [1.82, 2.24) is 10.6 Å². The van der Waals surface area contributed by atoms with Crippen molar-refractivity contribution in [2.24, 2.45) is 0 Å². The Hall–Kier alpha value is -8.88. The molecule has 0 bridgehead atoms. The van der Waals surface area contributed by atoms with Crippen LogP contribution in [0.15, 0.2) is 152 Å². The molecule has 2 heterocycles. The van der Waals surface area contributed by atoms with E-state index >= 15 is 0 Å². The highest BCUT2D eigenvalue weighted by molar-refractivity contribution is 7.94. The van der Waals surface area contributed by atoms with Crippen LogP contribution in [-0.4, -0.2) is 85.6 Å². The molecule has 20 heteroatoms. The first-order valence-electron chi connectivity index (χ1n) is 20.6. The summed E-state index contributed by atoms with van der Waals surface area (Å²) in [7, 11) is -7.01. The van der Waals surface area contributed by atoms with E-state index in [2.05, 4.69) is 23.8 Å². The first kappa shape index (κ1) is 49.0. The van der Waals surface area contributed by atoms with Crippen molar-refractivity contribution in [2.45, 2.75) is 0 Å². The number of phenols is 2. The molecule has 2 aliphatic heterocycles. The molecule has 356 valence electrons. The van der Waals surface area contributed by atoms with Gasteiger partial charge < -0.3 is 39.9 Å². The fourth-order valence-electron chi connectivity index (χ4n) is 7.44. The number of carbonyl (C=O) groups is 4. The molecule has 18 nitrogen and oxygen atoms in total. The molecule has 0 atom stereocenters. The van der Waals surface area contributed by atoms with Crippen LogP contribution in [-0.2, 0) is 19.7 Å². The zero-order valence-corrected chi connectivity index (χ0v) is 37.9. The van der Waals surface area contributed by atoms with Crippen LogP contribution in [0.1, 0.15) is 41.4 Å². The van der Waals surface area contributed by atoms with Crippen molar-refractivity contribution in [3.8, 4) is 56.4 Å². The molecule has 70 heavy (non-hydrogen) atoms. The Morgan fingerprint density at radius 2 is 0.900 bits per heavy atom. The molecular formula is C50H38N2O16S2. The van der Waals surface area contributed by atoms with Crippen LogP contribution in [0, 0.1) is 0 Å². The third-order valence-corrected chi connectivity index (χ3v) is 13.3. The highest BCUT2D eigenvalue weighted by Gasteiger charge is 2.25. The molecular weight excluding hydrogens is 949 g/mol. The average molecular weight is 987 g/mol. The molecule has 6 N–H and O–H groups in total. The van der Waals surface area contributed by atoms with Crippen molar-refractivity contribution in [3.05, 3.63) is 176 Å². The summed E-state index contributed by atoms with van der Waals surface area (Å²) in [6.07, 6.45) is 0. The van der Waals surface area contributed by atoms with Gasteiger partial charge in [0.15, 0.2) is 30.5 Å². The van der Waals surface area contributed by atoms with Crippen molar-refractivity contribution in [2.75, 3.05) is 24.6 Å². The number of hydrogen-bond acceptors (Lipinski definition) is 14. The number of hydrogen-bond donors (Lipinski definition) is 6. The third kappa shape index (κ3) is 10.6. The second kappa shape index (κ2) is 19.8. The Kier molecular flexibility index (Phi) is 13.8. The molecule has 0 saturated carbocycles. The van der Waals surface area contributed by atoms with Crippen LogP contribution in [0.5, 0.6) is 11.5 Å². The van der Waals surface area contributed by atoms with Gasteiger partial charge in [-0.3, -0.25) is 19.2 Å². The molecule has 4 aromatic carbocycles. The summed E-state index contributed by atoms with van der Waals surface area (Å²) >= 11 is 0. The number of phenolic OH excluding ortho intramolecular Hbond substituents is 2. The van der Waals surface area contributed by atoms with Crippen LogP contribution >= 0.6 is 0 Å². The van der Waals surface area contributed by atoms with Gasteiger partial charge in [-0.25, -0.2) is 26.4 Å². The summed E-state index contributed by atoms with van der Waals surface area (Å²) in [6, 6.07) is 24.7. The number of rotatable bonds is 14. The summed E-state index contributed by atoms with van der Waals surface area (Å²) in [5, 5.41) is 47.1. The zero-order chi connectivity index (χ0) is 50.7.